The monoisotopic (exact) mass is 242 g/mol. The summed E-state index contributed by atoms with van der Waals surface area (Å²) in [4.78, 5) is 25.6. The second-order valence-corrected chi connectivity index (χ2v) is 3.44. The van der Waals surface area contributed by atoms with E-state index in [9.17, 15) is 9.59 Å². The normalized spacial score (nSPS) is 11.9. The molecule has 94 valence electrons. The molecule has 1 rings (SSSR count). The number of nitrogens with one attached hydrogen (secondary N) is 2. The summed E-state index contributed by atoms with van der Waals surface area (Å²) < 4.78 is 4.75. The van der Waals surface area contributed by atoms with Gasteiger partial charge in [0.05, 0.1) is 0 Å². The molecule has 1 aromatic heterocycles. The zero-order valence-corrected chi connectivity index (χ0v) is 9.56. The lowest BCUT2D eigenvalue weighted by Gasteiger charge is -2.09. The minimum Gasteiger partial charge on any atom is -0.480 e. The van der Waals surface area contributed by atoms with Crippen LogP contribution < -0.4 is 10.6 Å². The molecule has 0 saturated carbocycles. The summed E-state index contributed by atoms with van der Waals surface area (Å²) in [6.45, 7) is 3.35. The Bertz CT molecular complexity index is 403. The lowest BCUT2D eigenvalue weighted by atomic mass is 10.3. The molecule has 0 radical (unpaired) electrons. The zero-order valence-electron chi connectivity index (χ0n) is 9.56. The van der Waals surface area contributed by atoms with Crippen molar-refractivity contribution in [2.24, 2.45) is 0 Å². The van der Waals surface area contributed by atoms with E-state index in [4.69, 9.17) is 9.63 Å². The van der Waals surface area contributed by atoms with E-state index in [0.29, 0.717) is 24.7 Å². The molecule has 1 aromatic rings. The first-order chi connectivity index (χ1) is 7.99. The highest BCUT2D eigenvalue weighted by atomic mass is 16.5. The maximum absolute atomic E-state index is 11.2. The molecule has 0 aliphatic heterocycles. The van der Waals surface area contributed by atoms with Crippen LogP contribution in [0.2, 0.25) is 0 Å². The number of carboxylic acid groups (broad SMARTS) is 1. The zero-order chi connectivity index (χ0) is 12.8. The minimum atomic E-state index is -1.09. The van der Waals surface area contributed by atoms with E-state index in [0.717, 1.165) is 0 Å². The van der Waals surface area contributed by atoms with Crippen molar-refractivity contribution in [3.8, 4) is 0 Å². The summed E-state index contributed by atoms with van der Waals surface area (Å²) >= 11 is 0. The summed E-state index contributed by atoms with van der Waals surface area (Å²) in [6.07, 6.45) is 0.423. The molecule has 17 heavy (non-hydrogen) atoms. The van der Waals surface area contributed by atoms with Crippen LogP contribution in [0, 0.1) is 6.92 Å². The molecular formula is C9H14N4O4. The standard InChI is InChI=1S/C9H14N4O4/c1-5(8(14)15)11-9(16)10-4-3-7-12-6(2)17-13-7/h5H,3-4H2,1-2H3,(H,14,15)(H2,10,11,16)/t5-/m1/s1. The number of carbonyl (C=O) groups is 2. The van der Waals surface area contributed by atoms with Crippen molar-refractivity contribution in [3.63, 3.8) is 0 Å². The fourth-order valence-electron chi connectivity index (χ4n) is 1.04. The average molecular weight is 242 g/mol. The first-order valence-electron chi connectivity index (χ1n) is 5.05. The van der Waals surface area contributed by atoms with Crippen LogP contribution in [0.15, 0.2) is 4.52 Å². The van der Waals surface area contributed by atoms with Gasteiger partial charge in [-0.25, -0.2) is 4.79 Å². The van der Waals surface area contributed by atoms with E-state index in [1.165, 1.54) is 6.92 Å². The van der Waals surface area contributed by atoms with Gasteiger partial charge in [-0.05, 0) is 6.92 Å². The van der Waals surface area contributed by atoms with E-state index < -0.39 is 18.0 Å². The number of urea groups is 1. The maximum atomic E-state index is 11.2. The predicted octanol–water partition coefficient (Wildman–Crippen LogP) is -0.307. The number of aliphatic carboxylic acids is 1. The minimum absolute atomic E-state index is 0.303. The van der Waals surface area contributed by atoms with Gasteiger partial charge in [0.1, 0.15) is 6.04 Å². The highest BCUT2D eigenvalue weighted by molar-refractivity contribution is 5.82. The van der Waals surface area contributed by atoms with Crippen LogP contribution in [0.4, 0.5) is 4.79 Å². The van der Waals surface area contributed by atoms with Gasteiger partial charge in [0.25, 0.3) is 0 Å². The first kappa shape index (κ1) is 12.9. The Hall–Kier alpha value is -2.12. The van der Waals surface area contributed by atoms with Gasteiger partial charge in [-0.3, -0.25) is 4.79 Å². The fraction of sp³-hybridized carbons (Fsp3) is 0.556. The predicted molar refractivity (Wildman–Crippen MR) is 56.4 cm³/mol. The molecule has 2 amide bonds. The van der Waals surface area contributed by atoms with Crippen molar-refractivity contribution in [1.29, 1.82) is 0 Å². The largest absolute Gasteiger partial charge is 0.480 e. The molecule has 0 aliphatic rings. The molecule has 1 heterocycles. The lowest BCUT2D eigenvalue weighted by Crippen LogP contribution is -2.44. The van der Waals surface area contributed by atoms with Gasteiger partial charge < -0.3 is 20.3 Å². The van der Waals surface area contributed by atoms with Crippen molar-refractivity contribution in [2.45, 2.75) is 26.3 Å². The fourth-order valence-corrected chi connectivity index (χ4v) is 1.04. The van der Waals surface area contributed by atoms with Crippen molar-refractivity contribution in [2.75, 3.05) is 6.54 Å². The maximum Gasteiger partial charge on any atom is 0.325 e. The summed E-state index contributed by atoms with van der Waals surface area (Å²) in [6, 6.07) is -1.47. The van der Waals surface area contributed by atoms with Crippen molar-refractivity contribution < 1.29 is 19.2 Å². The Labute approximate surface area is 97.4 Å². The quantitative estimate of drug-likeness (QED) is 0.652. The SMILES string of the molecule is Cc1nc(CCNC(=O)N[C@H](C)C(=O)O)no1. The third-order valence-electron chi connectivity index (χ3n) is 1.92. The summed E-state index contributed by atoms with van der Waals surface area (Å²) in [5.74, 6) is -0.132. The topological polar surface area (TPSA) is 117 Å². The van der Waals surface area contributed by atoms with Crippen molar-refractivity contribution in [1.82, 2.24) is 20.8 Å². The van der Waals surface area contributed by atoms with Gasteiger partial charge in [-0.1, -0.05) is 5.16 Å². The molecule has 0 aromatic carbocycles. The molecule has 3 N–H and O–H groups in total. The molecule has 0 aliphatic carbocycles. The van der Waals surface area contributed by atoms with Crippen LogP contribution in [-0.2, 0) is 11.2 Å². The van der Waals surface area contributed by atoms with Crippen LogP contribution >= 0.6 is 0 Å². The number of rotatable bonds is 5. The molecular weight excluding hydrogens is 228 g/mol. The van der Waals surface area contributed by atoms with Crippen molar-refractivity contribution >= 4 is 12.0 Å². The third kappa shape index (κ3) is 4.49. The Morgan fingerprint density at radius 3 is 2.76 bits per heavy atom. The second-order valence-electron chi connectivity index (χ2n) is 3.44. The first-order valence-corrected chi connectivity index (χ1v) is 5.05. The van der Waals surface area contributed by atoms with Crippen LogP contribution in [0.1, 0.15) is 18.6 Å². The molecule has 8 nitrogen and oxygen atoms in total. The molecule has 0 unspecified atom stereocenters. The van der Waals surface area contributed by atoms with Gasteiger partial charge in [0.2, 0.25) is 5.89 Å². The number of hydrogen-bond donors (Lipinski definition) is 3. The summed E-state index contributed by atoms with van der Waals surface area (Å²) in [5.41, 5.74) is 0. The molecule has 0 saturated heterocycles. The Morgan fingerprint density at radius 1 is 1.53 bits per heavy atom. The lowest BCUT2D eigenvalue weighted by molar-refractivity contribution is -0.138. The number of carbonyl (C=O) groups excluding carboxylic acids is 1. The van der Waals surface area contributed by atoms with E-state index in [1.54, 1.807) is 6.92 Å². The van der Waals surface area contributed by atoms with Gasteiger partial charge in [0.15, 0.2) is 5.82 Å². The molecule has 1 atom stereocenters. The van der Waals surface area contributed by atoms with Crippen LogP contribution in [0.5, 0.6) is 0 Å². The van der Waals surface area contributed by atoms with E-state index in [-0.39, 0.29) is 0 Å². The van der Waals surface area contributed by atoms with Gasteiger partial charge in [-0.2, -0.15) is 4.98 Å². The number of amides is 2. The van der Waals surface area contributed by atoms with Crippen LogP contribution in [0.3, 0.4) is 0 Å². The van der Waals surface area contributed by atoms with E-state index in [1.807, 2.05) is 0 Å². The Kier molecular flexibility index (Phi) is 4.44. The van der Waals surface area contributed by atoms with Crippen LogP contribution in [-0.4, -0.2) is 39.8 Å². The molecule has 0 bridgehead atoms. The highest BCUT2D eigenvalue weighted by Crippen LogP contribution is 1.94. The average Bonchev–Trinajstić information content (AvgIpc) is 2.64. The Morgan fingerprint density at radius 2 is 2.24 bits per heavy atom. The number of nitrogens with zero attached hydrogens (tertiary/aromatic N) is 2. The summed E-state index contributed by atoms with van der Waals surface area (Å²) in [5, 5.41) is 17.0. The Balaban J connectivity index is 2.22. The number of aromatic nitrogens is 2. The number of carboxylic acids is 1. The molecule has 0 spiro atoms. The number of aryl methyl sites for hydroxylation is 1. The second kappa shape index (κ2) is 5.83. The number of hydrogen-bond acceptors (Lipinski definition) is 5. The van der Waals surface area contributed by atoms with Crippen molar-refractivity contribution in [3.05, 3.63) is 11.7 Å². The van der Waals surface area contributed by atoms with E-state index in [2.05, 4.69) is 20.8 Å². The van der Waals surface area contributed by atoms with Gasteiger partial charge >= 0.3 is 12.0 Å². The van der Waals surface area contributed by atoms with Gasteiger partial charge in [0, 0.05) is 19.9 Å². The molecule has 8 heteroatoms. The summed E-state index contributed by atoms with van der Waals surface area (Å²) in [7, 11) is 0. The van der Waals surface area contributed by atoms with E-state index >= 15 is 0 Å². The third-order valence-corrected chi connectivity index (χ3v) is 1.92. The van der Waals surface area contributed by atoms with Gasteiger partial charge in [-0.15, -0.1) is 0 Å². The molecule has 0 fully saturated rings. The smallest absolute Gasteiger partial charge is 0.325 e. The van der Waals surface area contributed by atoms with Crippen LogP contribution in [0.25, 0.3) is 0 Å². The highest BCUT2D eigenvalue weighted by Gasteiger charge is 2.13.